The van der Waals surface area contributed by atoms with Crippen LogP contribution in [-0.2, 0) is 18.4 Å². The number of benzene rings is 2. The van der Waals surface area contributed by atoms with Crippen LogP contribution in [0.25, 0.3) is 11.1 Å². The SMILES string of the molecule is CCc1cccc2c1CC1c3c-2cccc3C(C)(C)[n+]2ccccc21. The first-order chi connectivity index (χ1) is 12.1. The van der Waals surface area contributed by atoms with Crippen molar-refractivity contribution in [1.29, 1.82) is 0 Å². The summed E-state index contributed by atoms with van der Waals surface area (Å²) in [6.07, 6.45) is 4.47. The molecule has 0 saturated heterocycles. The van der Waals surface area contributed by atoms with Crippen LogP contribution in [0.15, 0.2) is 60.8 Å². The predicted octanol–water partition coefficient (Wildman–Crippen LogP) is 4.99. The van der Waals surface area contributed by atoms with Crippen molar-refractivity contribution in [2.24, 2.45) is 0 Å². The maximum atomic E-state index is 2.49. The van der Waals surface area contributed by atoms with Crippen LogP contribution in [0.1, 0.15) is 54.6 Å². The van der Waals surface area contributed by atoms with Gasteiger partial charge in [0.25, 0.3) is 0 Å². The van der Waals surface area contributed by atoms with E-state index in [-0.39, 0.29) is 5.54 Å². The third-order valence-electron chi connectivity index (χ3n) is 6.32. The molecule has 2 aliphatic rings. The molecule has 1 aliphatic heterocycles. The molecule has 25 heavy (non-hydrogen) atoms. The van der Waals surface area contributed by atoms with E-state index < -0.39 is 0 Å². The highest BCUT2D eigenvalue weighted by atomic mass is 15.1. The summed E-state index contributed by atoms with van der Waals surface area (Å²) in [6, 6.07) is 20.4. The molecule has 2 heterocycles. The minimum absolute atomic E-state index is 0.0156. The number of rotatable bonds is 1. The van der Waals surface area contributed by atoms with Crippen molar-refractivity contribution in [2.75, 3.05) is 0 Å². The monoisotopic (exact) mass is 326 g/mol. The molecule has 1 nitrogen and oxygen atoms in total. The summed E-state index contributed by atoms with van der Waals surface area (Å²) in [5, 5.41) is 0. The van der Waals surface area contributed by atoms with Crippen molar-refractivity contribution in [2.45, 2.75) is 45.1 Å². The summed E-state index contributed by atoms with van der Waals surface area (Å²) < 4.78 is 2.49. The predicted molar refractivity (Wildman–Crippen MR) is 102 cm³/mol. The molecule has 0 radical (unpaired) electrons. The van der Waals surface area contributed by atoms with E-state index in [1.165, 1.54) is 27.9 Å². The molecule has 1 aliphatic carbocycles. The van der Waals surface area contributed by atoms with Gasteiger partial charge in [-0.05, 0) is 40.7 Å². The molecule has 0 bridgehead atoms. The average Bonchev–Trinajstić information content (AvgIpc) is 2.65. The van der Waals surface area contributed by atoms with E-state index >= 15 is 0 Å². The highest BCUT2D eigenvalue weighted by Gasteiger charge is 2.46. The Morgan fingerprint density at radius 1 is 0.960 bits per heavy atom. The van der Waals surface area contributed by atoms with Crippen LogP contribution in [0.5, 0.6) is 0 Å². The highest BCUT2D eigenvalue weighted by molar-refractivity contribution is 5.77. The van der Waals surface area contributed by atoms with Gasteiger partial charge in [0.2, 0.25) is 0 Å². The largest absolute Gasteiger partial charge is 0.193 e. The van der Waals surface area contributed by atoms with Crippen molar-refractivity contribution in [3.63, 3.8) is 0 Å². The highest BCUT2D eigenvalue weighted by Crippen LogP contribution is 2.48. The van der Waals surface area contributed by atoms with Crippen LogP contribution in [0, 0.1) is 0 Å². The van der Waals surface area contributed by atoms with Crippen LogP contribution in [0.2, 0.25) is 0 Å². The lowest BCUT2D eigenvalue weighted by molar-refractivity contribution is -0.757. The second-order valence-electron chi connectivity index (χ2n) is 7.87. The first kappa shape index (κ1) is 14.9. The lowest BCUT2D eigenvalue weighted by Crippen LogP contribution is -2.59. The van der Waals surface area contributed by atoms with Crippen molar-refractivity contribution < 1.29 is 4.57 Å². The van der Waals surface area contributed by atoms with Gasteiger partial charge in [-0.2, -0.15) is 4.57 Å². The maximum absolute atomic E-state index is 2.49. The molecule has 1 atom stereocenters. The number of aromatic nitrogens is 1. The molecular weight excluding hydrogens is 302 g/mol. The second-order valence-corrected chi connectivity index (χ2v) is 7.87. The Morgan fingerprint density at radius 3 is 2.60 bits per heavy atom. The second kappa shape index (κ2) is 5.05. The third-order valence-corrected chi connectivity index (χ3v) is 6.32. The summed E-state index contributed by atoms with van der Waals surface area (Å²) in [7, 11) is 0. The lowest BCUT2D eigenvalue weighted by Gasteiger charge is -2.38. The number of fused-ring (bicyclic) bond motifs is 4. The zero-order chi connectivity index (χ0) is 17.2. The first-order valence-corrected chi connectivity index (χ1v) is 9.38. The van der Waals surface area contributed by atoms with Gasteiger partial charge in [0.1, 0.15) is 0 Å². The fourth-order valence-corrected chi connectivity index (χ4v) is 5.11. The van der Waals surface area contributed by atoms with Crippen LogP contribution >= 0.6 is 0 Å². The topological polar surface area (TPSA) is 3.88 Å². The normalized spacial score (nSPS) is 18.9. The number of hydrogen-bond donors (Lipinski definition) is 0. The minimum atomic E-state index is -0.0156. The molecule has 124 valence electrons. The molecule has 0 saturated carbocycles. The van der Waals surface area contributed by atoms with E-state index in [1.807, 2.05) is 0 Å². The van der Waals surface area contributed by atoms with E-state index in [0.717, 1.165) is 12.8 Å². The average molecular weight is 326 g/mol. The maximum Gasteiger partial charge on any atom is 0.189 e. The van der Waals surface area contributed by atoms with Gasteiger partial charge in [0, 0.05) is 31.5 Å². The van der Waals surface area contributed by atoms with Crippen molar-refractivity contribution >= 4 is 0 Å². The smallest absolute Gasteiger partial charge is 0.189 e. The first-order valence-electron chi connectivity index (χ1n) is 9.38. The Hall–Kier alpha value is -2.41. The molecule has 0 spiro atoms. The van der Waals surface area contributed by atoms with E-state index in [0.29, 0.717) is 5.92 Å². The number of hydrogen-bond acceptors (Lipinski definition) is 0. The summed E-state index contributed by atoms with van der Waals surface area (Å²) in [6.45, 7) is 6.97. The molecule has 3 aromatic rings. The summed E-state index contributed by atoms with van der Waals surface area (Å²) in [5.41, 5.74) is 10.4. The van der Waals surface area contributed by atoms with E-state index in [4.69, 9.17) is 0 Å². The lowest BCUT2D eigenvalue weighted by atomic mass is 9.68. The zero-order valence-electron chi connectivity index (χ0n) is 15.2. The molecule has 0 amide bonds. The van der Waals surface area contributed by atoms with Crippen LogP contribution in [0.3, 0.4) is 0 Å². The Bertz CT molecular complexity index is 997. The van der Waals surface area contributed by atoms with E-state index in [9.17, 15) is 0 Å². The molecule has 0 fully saturated rings. The zero-order valence-corrected chi connectivity index (χ0v) is 15.2. The summed E-state index contributed by atoms with van der Waals surface area (Å²) in [5.74, 6) is 0.459. The third kappa shape index (κ3) is 1.87. The molecular formula is C24H24N+. The summed E-state index contributed by atoms with van der Waals surface area (Å²) >= 11 is 0. The Balaban J connectivity index is 1.89. The summed E-state index contributed by atoms with van der Waals surface area (Å²) in [4.78, 5) is 0. The van der Waals surface area contributed by atoms with Crippen molar-refractivity contribution in [3.05, 3.63) is 88.7 Å². The Morgan fingerprint density at radius 2 is 1.76 bits per heavy atom. The number of nitrogens with zero attached hydrogens (tertiary/aromatic N) is 1. The Kier molecular flexibility index (Phi) is 3.01. The van der Waals surface area contributed by atoms with E-state index in [1.54, 1.807) is 11.1 Å². The van der Waals surface area contributed by atoms with Crippen LogP contribution in [-0.4, -0.2) is 0 Å². The van der Waals surface area contributed by atoms with Gasteiger partial charge in [-0.3, -0.25) is 0 Å². The number of aryl methyl sites for hydroxylation is 1. The van der Waals surface area contributed by atoms with Gasteiger partial charge in [-0.1, -0.05) is 49.4 Å². The molecule has 5 rings (SSSR count). The minimum Gasteiger partial charge on any atom is -0.193 e. The molecule has 2 aromatic carbocycles. The van der Waals surface area contributed by atoms with E-state index in [2.05, 4.69) is 86.1 Å². The number of pyridine rings is 1. The molecule has 0 N–H and O–H groups in total. The van der Waals surface area contributed by atoms with Crippen molar-refractivity contribution in [1.82, 2.24) is 0 Å². The Labute approximate surface area is 150 Å². The van der Waals surface area contributed by atoms with Gasteiger partial charge < -0.3 is 0 Å². The molecule has 1 aromatic heterocycles. The standard InChI is InChI=1S/C24H24N/c1-4-16-9-7-10-17-18-11-8-12-21-23(18)20(15-19(16)17)22-13-5-6-14-25(22)24(21,2)3/h5-14,20H,4,15H2,1-3H3/q+1. The molecule has 1 unspecified atom stereocenters. The van der Waals surface area contributed by atoms with Gasteiger partial charge >= 0.3 is 0 Å². The van der Waals surface area contributed by atoms with Gasteiger partial charge in [0.15, 0.2) is 17.4 Å². The molecule has 1 heteroatoms. The van der Waals surface area contributed by atoms with Gasteiger partial charge in [-0.25, -0.2) is 0 Å². The fourth-order valence-electron chi connectivity index (χ4n) is 5.11. The van der Waals surface area contributed by atoms with Crippen molar-refractivity contribution in [3.8, 4) is 11.1 Å². The van der Waals surface area contributed by atoms with Gasteiger partial charge in [-0.15, -0.1) is 0 Å². The van der Waals surface area contributed by atoms with Gasteiger partial charge in [0.05, 0.1) is 5.92 Å². The fraction of sp³-hybridized carbons (Fsp3) is 0.292. The van der Waals surface area contributed by atoms with Crippen LogP contribution in [0.4, 0.5) is 0 Å². The van der Waals surface area contributed by atoms with Crippen LogP contribution < -0.4 is 4.57 Å². The quantitative estimate of drug-likeness (QED) is 0.555.